The van der Waals surface area contributed by atoms with Gasteiger partial charge in [0.1, 0.15) is 12.9 Å². The molecule has 0 unspecified atom stereocenters. The molecule has 26 heavy (non-hydrogen) atoms. The topological polar surface area (TPSA) is 88.7 Å². The molecule has 3 aromatic rings. The summed E-state index contributed by atoms with van der Waals surface area (Å²) in [6.07, 6.45) is 1.33. The molecule has 0 fully saturated rings. The molecule has 0 spiro atoms. The second-order valence-electron chi connectivity index (χ2n) is 5.33. The zero-order valence-electron chi connectivity index (χ0n) is 14.4. The number of hydrogen-bond acceptors (Lipinski definition) is 7. The fourth-order valence-corrected chi connectivity index (χ4v) is 2.33. The van der Waals surface area contributed by atoms with E-state index in [4.69, 9.17) is 24.7 Å². The van der Waals surface area contributed by atoms with E-state index in [9.17, 15) is 4.39 Å². The van der Waals surface area contributed by atoms with Crippen LogP contribution in [0.3, 0.4) is 0 Å². The minimum Gasteiger partial charge on any atom is -0.493 e. The number of rotatable bonds is 7. The largest absolute Gasteiger partial charge is 0.493 e. The first-order chi connectivity index (χ1) is 12.6. The molecule has 3 rings (SSSR count). The van der Waals surface area contributed by atoms with Crippen LogP contribution in [0.15, 0.2) is 36.7 Å². The third-order valence-corrected chi connectivity index (χ3v) is 3.59. The van der Waals surface area contributed by atoms with E-state index in [0.29, 0.717) is 41.3 Å². The fourth-order valence-electron chi connectivity index (χ4n) is 2.33. The molecule has 2 N–H and O–H groups in total. The van der Waals surface area contributed by atoms with Crippen molar-refractivity contribution in [2.24, 2.45) is 0 Å². The van der Waals surface area contributed by atoms with Gasteiger partial charge in [-0.15, -0.1) is 0 Å². The molecule has 0 bridgehead atoms. The Balaban J connectivity index is 1.98. The van der Waals surface area contributed by atoms with Crippen molar-refractivity contribution in [1.29, 1.82) is 0 Å². The zero-order valence-corrected chi connectivity index (χ0v) is 14.4. The Labute approximate surface area is 149 Å². The number of nitrogens with zero attached hydrogens (tertiary/aromatic N) is 2. The van der Waals surface area contributed by atoms with Crippen molar-refractivity contribution in [3.8, 4) is 23.1 Å². The Morgan fingerprint density at radius 1 is 1.00 bits per heavy atom. The average Bonchev–Trinajstić information content (AvgIpc) is 2.64. The third-order valence-electron chi connectivity index (χ3n) is 3.59. The summed E-state index contributed by atoms with van der Waals surface area (Å²) in [5.74, 6) is 0.619. The van der Waals surface area contributed by atoms with Crippen molar-refractivity contribution in [3.05, 3.63) is 42.5 Å². The second-order valence-corrected chi connectivity index (χ2v) is 5.33. The number of methoxy groups -OCH3 is 2. The van der Waals surface area contributed by atoms with Crippen LogP contribution >= 0.6 is 0 Å². The molecule has 0 saturated carbocycles. The van der Waals surface area contributed by atoms with Crippen molar-refractivity contribution in [1.82, 2.24) is 9.97 Å². The lowest BCUT2D eigenvalue weighted by Crippen LogP contribution is -2.05. The molecule has 0 amide bonds. The van der Waals surface area contributed by atoms with Crippen molar-refractivity contribution in [3.63, 3.8) is 0 Å². The van der Waals surface area contributed by atoms with E-state index in [2.05, 4.69) is 9.97 Å². The Hall–Kier alpha value is -3.13. The van der Waals surface area contributed by atoms with E-state index in [1.165, 1.54) is 25.6 Å². The van der Waals surface area contributed by atoms with Gasteiger partial charge >= 0.3 is 0 Å². The van der Waals surface area contributed by atoms with Crippen LogP contribution in [-0.4, -0.2) is 37.4 Å². The van der Waals surface area contributed by atoms with E-state index in [1.807, 2.05) is 0 Å². The van der Waals surface area contributed by atoms with Crippen LogP contribution in [0, 0.1) is 5.82 Å². The number of nitrogens with two attached hydrogens (primary N) is 1. The maximum atomic E-state index is 14.0. The van der Waals surface area contributed by atoms with Crippen LogP contribution < -0.4 is 19.9 Å². The SMILES string of the molecule is COCCOc1cc2ncnc(Oc3ccc(N)cc3F)c2cc1OC. The van der Waals surface area contributed by atoms with Gasteiger partial charge in [0.15, 0.2) is 23.1 Å². The number of anilines is 1. The van der Waals surface area contributed by atoms with Gasteiger partial charge < -0.3 is 24.7 Å². The second kappa shape index (κ2) is 7.83. The van der Waals surface area contributed by atoms with Crippen LogP contribution in [0.5, 0.6) is 23.1 Å². The molecular weight excluding hydrogens is 341 g/mol. The lowest BCUT2D eigenvalue weighted by Gasteiger charge is -2.13. The maximum absolute atomic E-state index is 14.0. The first kappa shape index (κ1) is 17.7. The molecule has 1 aromatic heterocycles. The van der Waals surface area contributed by atoms with Crippen LogP contribution in [-0.2, 0) is 4.74 Å². The Bertz CT molecular complexity index is 920. The maximum Gasteiger partial charge on any atom is 0.230 e. The van der Waals surface area contributed by atoms with Crippen LogP contribution in [0.1, 0.15) is 0 Å². The van der Waals surface area contributed by atoms with Crippen molar-refractivity contribution < 1.29 is 23.3 Å². The molecular formula is C18H18FN3O4. The molecule has 8 heteroatoms. The van der Waals surface area contributed by atoms with E-state index in [1.54, 1.807) is 25.3 Å². The summed E-state index contributed by atoms with van der Waals surface area (Å²) in [6, 6.07) is 7.56. The van der Waals surface area contributed by atoms with E-state index < -0.39 is 5.82 Å². The van der Waals surface area contributed by atoms with Gasteiger partial charge in [-0.25, -0.2) is 14.4 Å². The van der Waals surface area contributed by atoms with Gasteiger partial charge in [0, 0.05) is 24.9 Å². The van der Waals surface area contributed by atoms with Crippen LogP contribution in [0.25, 0.3) is 10.9 Å². The molecule has 0 saturated heterocycles. The summed E-state index contributed by atoms with van der Waals surface area (Å²) in [7, 11) is 3.11. The molecule has 1 heterocycles. The summed E-state index contributed by atoms with van der Waals surface area (Å²) in [5.41, 5.74) is 6.43. The highest BCUT2D eigenvalue weighted by atomic mass is 19.1. The normalized spacial score (nSPS) is 10.7. The summed E-state index contributed by atoms with van der Waals surface area (Å²) in [6.45, 7) is 0.805. The Morgan fingerprint density at radius 2 is 1.85 bits per heavy atom. The van der Waals surface area contributed by atoms with Crippen LogP contribution in [0.2, 0.25) is 0 Å². The van der Waals surface area contributed by atoms with Gasteiger partial charge in [0.25, 0.3) is 0 Å². The number of hydrogen-bond donors (Lipinski definition) is 1. The van der Waals surface area contributed by atoms with Crippen molar-refractivity contribution >= 4 is 16.6 Å². The molecule has 2 aromatic carbocycles. The first-order valence-corrected chi connectivity index (χ1v) is 7.79. The van der Waals surface area contributed by atoms with Crippen molar-refractivity contribution in [2.45, 2.75) is 0 Å². The first-order valence-electron chi connectivity index (χ1n) is 7.79. The lowest BCUT2D eigenvalue weighted by atomic mass is 10.2. The number of ether oxygens (including phenoxy) is 4. The highest BCUT2D eigenvalue weighted by Crippen LogP contribution is 2.36. The smallest absolute Gasteiger partial charge is 0.230 e. The van der Waals surface area contributed by atoms with Gasteiger partial charge in [0.05, 0.1) is 24.6 Å². The van der Waals surface area contributed by atoms with Gasteiger partial charge in [-0.1, -0.05) is 0 Å². The molecule has 0 radical (unpaired) electrons. The Morgan fingerprint density at radius 3 is 2.58 bits per heavy atom. The van der Waals surface area contributed by atoms with Gasteiger partial charge in [-0.05, 0) is 18.2 Å². The summed E-state index contributed by atoms with van der Waals surface area (Å²) in [4.78, 5) is 8.31. The molecule has 0 atom stereocenters. The zero-order chi connectivity index (χ0) is 18.5. The molecule has 0 aliphatic carbocycles. The van der Waals surface area contributed by atoms with Gasteiger partial charge in [-0.2, -0.15) is 0 Å². The predicted octanol–water partition coefficient (Wildman–Crippen LogP) is 3.18. The number of halogens is 1. The van der Waals surface area contributed by atoms with E-state index >= 15 is 0 Å². The number of nitrogen functional groups attached to an aromatic ring is 1. The number of benzene rings is 2. The van der Waals surface area contributed by atoms with Gasteiger partial charge in [-0.3, -0.25) is 0 Å². The molecule has 136 valence electrons. The van der Waals surface area contributed by atoms with E-state index in [0.717, 1.165) is 0 Å². The predicted molar refractivity (Wildman–Crippen MR) is 94.3 cm³/mol. The average molecular weight is 359 g/mol. The fraction of sp³-hybridized carbons (Fsp3) is 0.222. The summed E-state index contributed by atoms with van der Waals surface area (Å²) < 4.78 is 35.6. The van der Waals surface area contributed by atoms with Crippen LogP contribution in [0.4, 0.5) is 10.1 Å². The molecule has 7 nitrogen and oxygen atoms in total. The third kappa shape index (κ3) is 3.75. The molecule has 0 aliphatic heterocycles. The summed E-state index contributed by atoms with van der Waals surface area (Å²) in [5, 5.41) is 0.555. The van der Waals surface area contributed by atoms with Crippen molar-refractivity contribution in [2.75, 3.05) is 33.2 Å². The Kier molecular flexibility index (Phi) is 5.33. The minimum atomic E-state index is -0.580. The van der Waals surface area contributed by atoms with E-state index in [-0.39, 0.29) is 11.6 Å². The highest BCUT2D eigenvalue weighted by molar-refractivity contribution is 5.87. The lowest BCUT2D eigenvalue weighted by molar-refractivity contribution is 0.144. The minimum absolute atomic E-state index is 0.0126. The monoisotopic (exact) mass is 359 g/mol. The quantitative estimate of drug-likeness (QED) is 0.512. The number of aromatic nitrogens is 2. The summed E-state index contributed by atoms with van der Waals surface area (Å²) >= 11 is 0. The highest BCUT2D eigenvalue weighted by Gasteiger charge is 2.14. The standard InChI is InChI=1S/C18H18FN3O4/c1-23-5-6-25-17-9-14-12(8-16(17)24-2)18(22-10-21-14)26-15-4-3-11(20)7-13(15)19/h3-4,7-10H,5-6,20H2,1-2H3. The molecule has 0 aliphatic rings. The number of fused-ring (bicyclic) bond motifs is 1. The van der Waals surface area contributed by atoms with Gasteiger partial charge in [0.2, 0.25) is 5.88 Å².